The molecule has 0 radical (unpaired) electrons. The predicted molar refractivity (Wildman–Crippen MR) is 238 cm³/mol. The second-order valence-corrected chi connectivity index (χ2v) is 14.7. The summed E-state index contributed by atoms with van der Waals surface area (Å²) in [7, 11) is 0. The van der Waals surface area contributed by atoms with Crippen molar-refractivity contribution in [1.29, 1.82) is 0 Å². The molecule has 0 aliphatic carbocycles. The molecule has 12 aromatic rings. The number of hydrogen-bond donors (Lipinski definition) is 0. The van der Waals surface area contributed by atoms with Crippen LogP contribution in [0, 0.1) is 0 Å². The van der Waals surface area contributed by atoms with Gasteiger partial charge in [0, 0.05) is 43.9 Å². The summed E-state index contributed by atoms with van der Waals surface area (Å²) >= 11 is 0. The molecule has 59 heavy (non-hydrogen) atoms. The number of aromatic nitrogens is 6. The molecule has 12 rings (SSSR count). The number of nitrogens with zero attached hydrogens (tertiary/aromatic N) is 6. The van der Waals surface area contributed by atoms with Crippen LogP contribution in [-0.4, -0.2) is 29.1 Å². The Hall–Kier alpha value is -8.16. The second-order valence-electron chi connectivity index (χ2n) is 14.7. The van der Waals surface area contributed by atoms with Gasteiger partial charge in [-0.2, -0.15) is 4.98 Å². The molecule has 0 saturated carbocycles. The molecule has 0 atom stereocenters. The number of fused-ring (bicyclic) bond motifs is 7. The SMILES string of the molecule is c1ccc(-c2nc(-c3ccc(-c4ccc5nc(-n6c7ccccc7c7ccccc76)oc5c4)cc3)nc(-c3ccc4c(c3)c3ccccc3n4-c3ccccc3)n2)cc1. The predicted octanol–water partition coefficient (Wildman–Crippen LogP) is 12.9. The van der Waals surface area contributed by atoms with Gasteiger partial charge in [-0.1, -0.05) is 133 Å². The Morgan fingerprint density at radius 1 is 0.322 bits per heavy atom. The summed E-state index contributed by atoms with van der Waals surface area (Å²) in [5.41, 5.74) is 11.9. The van der Waals surface area contributed by atoms with Crippen LogP contribution in [0.2, 0.25) is 0 Å². The van der Waals surface area contributed by atoms with E-state index < -0.39 is 0 Å². The third-order valence-corrected chi connectivity index (χ3v) is 11.2. The average Bonchev–Trinajstić information content (AvgIpc) is 3.99. The molecule has 0 saturated heterocycles. The smallest absolute Gasteiger partial charge is 0.307 e. The first-order chi connectivity index (χ1) is 29.2. The van der Waals surface area contributed by atoms with Crippen LogP contribution < -0.4 is 0 Å². The van der Waals surface area contributed by atoms with Gasteiger partial charge >= 0.3 is 6.01 Å². The molecule has 0 unspecified atom stereocenters. The monoisotopic (exact) mass is 756 g/mol. The van der Waals surface area contributed by atoms with Crippen molar-refractivity contribution >= 4 is 54.7 Å². The molecule has 7 heteroatoms. The fraction of sp³-hybridized carbons (Fsp3) is 0. The lowest BCUT2D eigenvalue weighted by Crippen LogP contribution is -2.00. The van der Waals surface area contributed by atoms with Crippen molar-refractivity contribution in [2.75, 3.05) is 0 Å². The third-order valence-electron chi connectivity index (χ3n) is 11.2. The number of hydrogen-bond acceptors (Lipinski definition) is 5. The number of rotatable bonds is 6. The largest absolute Gasteiger partial charge is 0.423 e. The van der Waals surface area contributed by atoms with Crippen molar-refractivity contribution < 1.29 is 4.42 Å². The molecular weight excluding hydrogens is 725 g/mol. The van der Waals surface area contributed by atoms with Crippen LogP contribution in [0.4, 0.5) is 0 Å². The van der Waals surface area contributed by atoms with E-state index in [9.17, 15) is 0 Å². The quantitative estimate of drug-likeness (QED) is 0.169. The van der Waals surface area contributed by atoms with E-state index in [2.05, 4.69) is 149 Å². The molecule has 0 spiro atoms. The molecule has 0 N–H and O–H groups in total. The maximum atomic E-state index is 6.49. The van der Waals surface area contributed by atoms with E-state index in [1.807, 2.05) is 54.6 Å². The number of para-hydroxylation sites is 4. The highest BCUT2D eigenvalue weighted by Gasteiger charge is 2.19. The Balaban J connectivity index is 0.929. The molecule has 4 aromatic heterocycles. The van der Waals surface area contributed by atoms with E-state index in [0.29, 0.717) is 23.5 Å². The van der Waals surface area contributed by atoms with Gasteiger partial charge in [0.1, 0.15) is 5.52 Å². The summed E-state index contributed by atoms with van der Waals surface area (Å²) in [5, 5.41) is 4.65. The van der Waals surface area contributed by atoms with Crippen molar-refractivity contribution in [2.45, 2.75) is 0 Å². The molecular formula is C52H32N6O. The minimum atomic E-state index is 0.547. The number of benzene rings is 8. The Bertz CT molecular complexity index is 3490. The summed E-state index contributed by atoms with van der Waals surface area (Å²) in [6.07, 6.45) is 0. The number of oxazole rings is 1. The second kappa shape index (κ2) is 13.2. The molecule has 8 aromatic carbocycles. The zero-order chi connectivity index (χ0) is 38.9. The van der Waals surface area contributed by atoms with Crippen LogP contribution in [0.15, 0.2) is 199 Å². The molecule has 0 fully saturated rings. The first kappa shape index (κ1) is 33.0. The maximum absolute atomic E-state index is 6.49. The normalized spacial score (nSPS) is 11.7. The van der Waals surface area contributed by atoms with E-state index >= 15 is 0 Å². The van der Waals surface area contributed by atoms with Crippen LogP contribution in [0.3, 0.4) is 0 Å². The van der Waals surface area contributed by atoms with Gasteiger partial charge in [-0.05, 0) is 71.8 Å². The fourth-order valence-corrected chi connectivity index (χ4v) is 8.45. The van der Waals surface area contributed by atoms with Crippen molar-refractivity contribution in [3.63, 3.8) is 0 Å². The zero-order valence-corrected chi connectivity index (χ0v) is 31.6. The van der Waals surface area contributed by atoms with Crippen molar-refractivity contribution in [1.82, 2.24) is 29.1 Å². The molecule has 0 amide bonds. The molecule has 276 valence electrons. The molecule has 7 nitrogen and oxygen atoms in total. The standard InChI is InChI=1S/C52H32N6O/c1-3-13-34(14-4-1)49-54-50(56-51(55-49)37-28-30-47-42(31-37)41-19-9-10-20-44(41)57(47)38-15-5-2-6-16-38)35-25-23-33(24-26-35)36-27-29-43-48(32-36)59-52(53-43)58-45-21-11-7-17-39(45)40-18-8-12-22-46(40)58/h1-32H. The molecule has 4 heterocycles. The van der Waals surface area contributed by atoms with E-state index in [-0.39, 0.29) is 0 Å². The Morgan fingerprint density at radius 2 is 0.797 bits per heavy atom. The summed E-state index contributed by atoms with van der Waals surface area (Å²) in [6.45, 7) is 0. The van der Waals surface area contributed by atoms with Crippen LogP contribution in [0.1, 0.15) is 0 Å². The fourth-order valence-electron chi connectivity index (χ4n) is 8.45. The summed E-state index contributed by atoms with van der Waals surface area (Å²) < 4.78 is 10.9. The highest BCUT2D eigenvalue weighted by molar-refractivity contribution is 6.11. The van der Waals surface area contributed by atoms with E-state index in [1.54, 1.807) is 0 Å². The Kier molecular flexibility index (Phi) is 7.40. The van der Waals surface area contributed by atoms with Gasteiger partial charge in [0.15, 0.2) is 23.1 Å². The minimum Gasteiger partial charge on any atom is -0.423 e. The zero-order valence-electron chi connectivity index (χ0n) is 31.6. The van der Waals surface area contributed by atoms with Gasteiger partial charge in [0.05, 0.1) is 22.1 Å². The summed E-state index contributed by atoms with van der Waals surface area (Å²) in [5.74, 6) is 1.84. The van der Waals surface area contributed by atoms with Crippen LogP contribution in [0.5, 0.6) is 0 Å². The summed E-state index contributed by atoms with van der Waals surface area (Å²) in [6, 6.07) is 67.5. The highest BCUT2D eigenvalue weighted by atomic mass is 16.4. The van der Waals surface area contributed by atoms with Gasteiger partial charge < -0.3 is 8.98 Å². The van der Waals surface area contributed by atoms with Gasteiger partial charge in [-0.3, -0.25) is 4.57 Å². The third kappa shape index (κ3) is 5.44. The van der Waals surface area contributed by atoms with Crippen LogP contribution in [0.25, 0.3) is 112 Å². The lowest BCUT2D eigenvalue weighted by atomic mass is 10.0. The minimum absolute atomic E-state index is 0.547. The first-order valence-corrected chi connectivity index (χ1v) is 19.6. The lowest BCUT2D eigenvalue weighted by Gasteiger charge is -2.10. The first-order valence-electron chi connectivity index (χ1n) is 19.6. The van der Waals surface area contributed by atoms with Gasteiger partial charge in [0.25, 0.3) is 0 Å². The molecule has 0 aliphatic heterocycles. The van der Waals surface area contributed by atoms with E-state index in [4.69, 9.17) is 24.4 Å². The topological polar surface area (TPSA) is 74.6 Å². The van der Waals surface area contributed by atoms with Gasteiger partial charge in [0.2, 0.25) is 0 Å². The maximum Gasteiger partial charge on any atom is 0.307 e. The van der Waals surface area contributed by atoms with Crippen molar-refractivity contribution in [3.05, 3.63) is 194 Å². The molecule has 0 aliphatic rings. The molecule has 0 bridgehead atoms. The Labute approximate surface area is 338 Å². The average molecular weight is 757 g/mol. The van der Waals surface area contributed by atoms with E-state index in [0.717, 1.165) is 72.1 Å². The van der Waals surface area contributed by atoms with Crippen molar-refractivity contribution in [2.24, 2.45) is 0 Å². The lowest BCUT2D eigenvalue weighted by molar-refractivity contribution is 0.574. The highest BCUT2D eigenvalue weighted by Crippen LogP contribution is 2.37. The van der Waals surface area contributed by atoms with E-state index in [1.165, 1.54) is 16.2 Å². The van der Waals surface area contributed by atoms with Crippen LogP contribution >= 0.6 is 0 Å². The summed E-state index contributed by atoms with van der Waals surface area (Å²) in [4.78, 5) is 20.1. The van der Waals surface area contributed by atoms with Gasteiger partial charge in [-0.15, -0.1) is 0 Å². The van der Waals surface area contributed by atoms with Crippen LogP contribution in [-0.2, 0) is 0 Å². The van der Waals surface area contributed by atoms with Gasteiger partial charge in [-0.25, -0.2) is 15.0 Å². The van der Waals surface area contributed by atoms with Crippen molar-refractivity contribution in [3.8, 4) is 57.0 Å². The Morgan fingerprint density at radius 3 is 1.46 bits per heavy atom.